The monoisotopic (exact) mass is 447 g/mol. The summed E-state index contributed by atoms with van der Waals surface area (Å²) < 4.78 is 6.18. The van der Waals surface area contributed by atoms with Crippen LogP contribution in [0.5, 0.6) is 11.5 Å². The largest absolute Gasteiger partial charge is 0.457 e. The van der Waals surface area contributed by atoms with E-state index in [1.807, 2.05) is 30.3 Å². The zero-order valence-electron chi connectivity index (χ0n) is 20.2. The molecule has 5 rings (SSSR count). The molecule has 0 aliphatic carbocycles. The molecule has 1 aliphatic heterocycles. The first-order chi connectivity index (χ1) is 16.7. The fraction of sp³-hybridized carbons (Fsp3) is 0.250. The van der Waals surface area contributed by atoms with Gasteiger partial charge in [0, 0.05) is 12.1 Å². The Balaban J connectivity index is 1.21. The second kappa shape index (κ2) is 10.3. The normalized spacial score (nSPS) is 14.8. The first-order valence-corrected chi connectivity index (χ1v) is 12.4. The Morgan fingerprint density at radius 3 is 2.21 bits per heavy atom. The van der Waals surface area contributed by atoms with Crippen LogP contribution in [-0.2, 0) is 6.54 Å². The lowest BCUT2D eigenvalue weighted by Gasteiger charge is -2.32. The number of benzene rings is 4. The van der Waals surface area contributed by atoms with E-state index in [-0.39, 0.29) is 0 Å². The Kier molecular flexibility index (Phi) is 6.78. The molecule has 4 aromatic rings. The summed E-state index contributed by atoms with van der Waals surface area (Å²) in [6, 6.07) is 34.4. The predicted octanol–water partition coefficient (Wildman–Crippen LogP) is 8.14. The zero-order valence-corrected chi connectivity index (χ0v) is 20.2. The van der Waals surface area contributed by atoms with Crippen molar-refractivity contribution in [2.24, 2.45) is 0 Å². The SMILES string of the molecule is Cc1cccc(-c2ccc(C3CCN(Cc4ccccc4Oc4ccccc4)CC3)cc2)c1C. The van der Waals surface area contributed by atoms with Crippen molar-refractivity contribution in [3.8, 4) is 22.6 Å². The van der Waals surface area contributed by atoms with E-state index in [0.29, 0.717) is 5.92 Å². The molecule has 1 fully saturated rings. The number of para-hydroxylation sites is 2. The van der Waals surface area contributed by atoms with Crippen LogP contribution in [0.15, 0.2) is 97.1 Å². The van der Waals surface area contributed by atoms with E-state index in [4.69, 9.17) is 4.74 Å². The minimum absolute atomic E-state index is 0.639. The first-order valence-electron chi connectivity index (χ1n) is 12.4. The second-order valence-electron chi connectivity index (χ2n) is 9.44. The summed E-state index contributed by atoms with van der Waals surface area (Å²) in [6.07, 6.45) is 2.40. The van der Waals surface area contributed by atoms with Gasteiger partial charge < -0.3 is 4.74 Å². The van der Waals surface area contributed by atoms with Crippen LogP contribution in [0.4, 0.5) is 0 Å². The molecule has 0 atom stereocenters. The third-order valence-corrected chi connectivity index (χ3v) is 7.22. The molecular weight excluding hydrogens is 414 g/mol. The molecule has 2 nitrogen and oxygen atoms in total. The van der Waals surface area contributed by atoms with Crippen LogP contribution in [0.25, 0.3) is 11.1 Å². The quantitative estimate of drug-likeness (QED) is 0.296. The van der Waals surface area contributed by atoms with Gasteiger partial charge in [0.25, 0.3) is 0 Å². The van der Waals surface area contributed by atoms with Gasteiger partial charge in [-0.25, -0.2) is 0 Å². The van der Waals surface area contributed by atoms with Crippen LogP contribution in [0.3, 0.4) is 0 Å². The van der Waals surface area contributed by atoms with Gasteiger partial charge in [-0.3, -0.25) is 4.90 Å². The van der Waals surface area contributed by atoms with Crippen LogP contribution >= 0.6 is 0 Å². The summed E-state index contributed by atoms with van der Waals surface area (Å²) in [7, 11) is 0. The summed E-state index contributed by atoms with van der Waals surface area (Å²) in [6.45, 7) is 7.57. The molecule has 1 aliphatic rings. The maximum absolute atomic E-state index is 6.18. The van der Waals surface area contributed by atoms with Gasteiger partial charge in [-0.05, 0) is 91.7 Å². The van der Waals surface area contributed by atoms with Crippen LogP contribution in [-0.4, -0.2) is 18.0 Å². The Labute approximate surface area is 203 Å². The molecule has 172 valence electrons. The summed E-state index contributed by atoms with van der Waals surface area (Å²) in [5.41, 5.74) is 8.11. The molecule has 4 aromatic carbocycles. The van der Waals surface area contributed by atoms with E-state index in [2.05, 4.69) is 85.5 Å². The number of nitrogens with zero attached hydrogens (tertiary/aromatic N) is 1. The van der Waals surface area contributed by atoms with Gasteiger partial charge in [0.1, 0.15) is 11.5 Å². The van der Waals surface area contributed by atoms with Crippen LogP contribution < -0.4 is 4.74 Å². The molecule has 1 saturated heterocycles. The fourth-order valence-electron chi connectivity index (χ4n) is 5.01. The van der Waals surface area contributed by atoms with E-state index in [9.17, 15) is 0 Å². The van der Waals surface area contributed by atoms with E-state index in [1.165, 1.54) is 46.2 Å². The molecule has 0 saturated carbocycles. The highest BCUT2D eigenvalue weighted by molar-refractivity contribution is 5.68. The first kappa shape index (κ1) is 22.4. The molecule has 0 spiro atoms. The van der Waals surface area contributed by atoms with Gasteiger partial charge in [-0.15, -0.1) is 0 Å². The van der Waals surface area contributed by atoms with Crippen molar-refractivity contribution >= 4 is 0 Å². The lowest BCUT2D eigenvalue weighted by Crippen LogP contribution is -2.32. The molecule has 0 N–H and O–H groups in total. The molecular formula is C32H33NO. The Morgan fingerprint density at radius 1 is 0.735 bits per heavy atom. The van der Waals surface area contributed by atoms with Gasteiger partial charge in [0.05, 0.1) is 0 Å². The molecule has 1 heterocycles. The Morgan fingerprint density at radius 2 is 1.44 bits per heavy atom. The van der Waals surface area contributed by atoms with Crippen LogP contribution in [0.1, 0.15) is 41.0 Å². The average Bonchev–Trinajstić information content (AvgIpc) is 2.88. The summed E-state index contributed by atoms with van der Waals surface area (Å²) in [5, 5.41) is 0. The van der Waals surface area contributed by atoms with Crippen molar-refractivity contribution < 1.29 is 4.74 Å². The van der Waals surface area contributed by atoms with Crippen LogP contribution in [0, 0.1) is 13.8 Å². The smallest absolute Gasteiger partial charge is 0.131 e. The third kappa shape index (κ3) is 5.08. The van der Waals surface area contributed by atoms with Crippen molar-refractivity contribution in [1.29, 1.82) is 0 Å². The third-order valence-electron chi connectivity index (χ3n) is 7.22. The Hall–Kier alpha value is -3.36. The van der Waals surface area contributed by atoms with Crippen molar-refractivity contribution in [3.05, 3.63) is 119 Å². The summed E-state index contributed by atoms with van der Waals surface area (Å²) in [4.78, 5) is 2.56. The number of hydrogen-bond donors (Lipinski definition) is 0. The zero-order chi connectivity index (χ0) is 23.3. The van der Waals surface area contributed by atoms with E-state index in [0.717, 1.165) is 31.1 Å². The maximum Gasteiger partial charge on any atom is 0.131 e. The van der Waals surface area contributed by atoms with Crippen molar-refractivity contribution in [3.63, 3.8) is 0 Å². The van der Waals surface area contributed by atoms with Crippen molar-refractivity contribution in [2.75, 3.05) is 13.1 Å². The number of aryl methyl sites for hydroxylation is 1. The topological polar surface area (TPSA) is 12.5 Å². The van der Waals surface area contributed by atoms with Crippen LogP contribution in [0.2, 0.25) is 0 Å². The lowest BCUT2D eigenvalue weighted by molar-refractivity contribution is 0.203. The van der Waals surface area contributed by atoms with Gasteiger partial charge in [0.2, 0.25) is 0 Å². The number of hydrogen-bond acceptors (Lipinski definition) is 2. The molecule has 0 bridgehead atoms. The predicted molar refractivity (Wildman–Crippen MR) is 142 cm³/mol. The van der Waals surface area contributed by atoms with Crippen molar-refractivity contribution in [2.45, 2.75) is 39.2 Å². The number of rotatable bonds is 6. The highest BCUT2D eigenvalue weighted by atomic mass is 16.5. The lowest BCUT2D eigenvalue weighted by atomic mass is 9.88. The molecule has 34 heavy (non-hydrogen) atoms. The van der Waals surface area contributed by atoms with Gasteiger partial charge >= 0.3 is 0 Å². The summed E-state index contributed by atoms with van der Waals surface area (Å²) >= 11 is 0. The molecule has 2 heteroatoms. The second-order valence-corrected chi connectivity index (χ2v) is 9.44. The minimum Gasteiger partial charge on any atom is -0.457 e. The number of ether oxygens (including phenoxy) is 1. The van der Waals surface area contributed by atoms with Gasteiger partial charge in [0.15, 0.2) is 0 Å². The van der Waals surface area contributed by atoms with Crippen molar-refractivity contribution in [1.82, 2.24) is 4.90 Å². The molecule has 0 aromatic heterocycles. The van der Waals surface area contributed by atoms with Gasteiger partial charge in [-0.1, -0.05) is 78.9 Å². The molecule has 0 radical (unpaired) electrons. The highest BCUT2D eigenvalue weighted by Gasteiger charge is 2.21. The fourth-order valence-corrected chi connectivity index (χ4v) is 5.01. The number of likely N-dealkylation sites (tertiary alicyclic amines) is 1. The van der Waals surface area contributed by atoms with E-state index >= 15 is 0 Å². The highest BCUT2D eigenvalue weighted by Crippen LogP contribution is 2.33. The standard InChI is InChI=1S/C32H33NO/c1-24-9-8-13-31(25(24)2)28-17-15-26(16-18-28)27-19-21-33(22-20-27)23-29-10-6-7-14-32(29)34-30-11-4-3-5-12-30/h3-18,27H,19-23H2,1-2H3. The summed E-state index contributed by atoms with van der Waals surface area (Å²) in [5.74, 6) is 2.48. The minimum atomic E-state index is 0.639. The van der Waals surface area contributed by atoms with E-state index < -0.39 is 0 Å². The maximum atomic E-state index is 6.18. The molecule has 0 amide bonds. The van der Waals surface area contributed by atoms with Gasteiger partial charge in [-0.2, -0.15) is 0 Å². The molecule has 0 unspecified atom stereocenters. The van der Waals surface area contributed by atoms with E-state index in [1.54, 1.807) is 0 Å². The average molecular weight is 448 g/mol. The Bertz CT molecular complexity index is 1220. The number of piperidine rings is 1.